The van der Waals surface area contributed by atoms with Crippen molar-refractivity contribution >= 4 is 38.0 Å². The molecule has 17 nitrogen and oxygen atoms in total. The Morgan fingerprint density at radius 2 is 1.06 bits per heavy atom. The van der Waals surface area contributed by atoms with Gasteiger partial charge in [-0.25, -0.2) is 0 Å². The Morgan fingerprint density at radius 3 is 1.50 bits per heavy atom. The number of hydrogen-bond donors (Lipinski definition) is 1. The molecule has 0 aliphatic rings. The lowest BCUT2D eigenvalue weighted by atomic mass is 9.89. The third-order valence-electron chi connectivity index (χ3n) is 6.94. The average Bonchev–Trinajstić information content (AvgIpc) is 2.99. The Balaban J connectivity index is 2.21. The van der Waals surface area contributed by atoms with E-state index in [-0.39, 0.29) is 32.0 Å². The van der Waals surface area contributed by atoms with Crippen molar-refractivity contribution in [2.24, 2.45) is 0 Å². The van der Waals surface area contributed by atoms with E-state index < -0.39 is 89.9 Å². The van der Waals surface area contributed by atoms with Gasteiger partial charge in [-0.1, -0.05) is 60.7 Å². The van der Waals surface area contributed by atoms with Gasteiger partial charge in [0.05, 0.1) is 42.5 Å². The highest BCUT2D eigenvalue weighted by molar-refractivity contribution is 7.52. The van der Waals surface area contributed by atoms with Crippen LogP contribution in [0.2, 0.25) is 0 Å². The number of benzene rings is 2. The van der Waals surface area contributed by atoms with Crippen molar-refractivity contribution in [1.82, 2.24) is 14.7 Å². The van der Waals surface area contributed by atoms with Crippen LogP contribution in [0, 0.1) is 0 Å². The fraction of sp³-hybridized carbons (Fsp3) is 0.433. The predicted octanol–water partition coefficient (Wildman–Crippen LogP) is -6.70. The summed E-state index contributed by atoms with van der Waals surface area (Å²) in [4.78, 5) is 82.4. The standard InChI is InChI=1S/C30H40N3O14P/c34-26(35)16-31(12-13-32(17-27(36)37)18-28(38)39)15-24(33(19-29(40)41)20-30(42)43)21-47-48(44,45)46-14-11-25(22-7-3-1-4-8-22)23-9-5-2-6-10-23/h1-10,24-25H,11-21H2,(H,34,35)(H,36,37)(H,38,39)(H,40,41)(H,42,43)(H,44,45)/p-5. The van der Waals surface area contributed by atoms with Gasteiger partial charge in [-0.3, -0.25) is 14.7 Å². The van der Waals surface area contributed by atoms with Crippen molar-refractivity contribution in [2.45, 2.75) is 18.4 Å². The van der Waals surface area contributed by atoms with Gasteiger partial charge in [-0.15, -0.1) is 0 Å². The van der Waals surface area contributed by atoms with E-state index in [1.54, 1.807) is 0 Å². The largest absolute Gasteiger partial charge is 0.606 e. The third kappa shape index (κ3) is 16.2. The number of rotatable bonds is 25. The molecule has 2 aromatic rings. The fourth-order valence-electron chi connectivity index (χ4n) is 4.90. The molecule has 48 heavy (non-hydrogen) atoms. The summed E-state index contributed by atoms with van der Waals surface area (Å²) in [6, 6.07) is 17.1. The molecule has 0 saturated carbocycles. The molecule has 2 aromatic carbocycles. The Hall–Kier alpha value is -4.06. The minimum atomic E-state index is -4.88. The first kappa shape index (κ1) is 40.1. The van der Waals surface area contributed by atoms with E-state index >= 15 is 0 Å². The van der Waals surface area contributed by atoms with Crippen LogP contribution in [0.15, 0.2) is 60.7 Å². The molecule has 0 spiro atoms. The maximum atomic E-state index is 12.9. The highest BCUT2D eigenvalue weighted by atomic mass is 31.2. The van der Waals surface area contributed by atoms with Gasteiger partial charge in [0.1, 0.15) is 6.61 Å². The van der Waals surface area contributed by atoms with Crippen LogP contribution in [0.1, 0.15) is 23.5 Å². The quantitative estimate of drug-likeness (QED) is 0.0947. The number of phosphoric ester groups is 1. The summed E-state index contributed by atoms with van der Waals surface area (Å²) < 4.78 is 10.3. The first-order valence-electron chi connectivity index (χ1n) is 14.5. The molecule has 0 radical (unpaired) electrons. The molecule has 0 fully saturated rings. The van der Waals surface area contributed by atoms with Crippen molar-refractivity contribution < 1.29 is 68.3 Å². The van der Waals surface area contributed by atoms with Crippen LogP contribution in [0.4, 0.5) is 0 Å². The molecule has 1 N–H and O–H groups in total. The first-order valence-corrected chi connectivity index (χ1v) is 16.0. The van der Waals surface area contributed by atoms with Crippen molar-refractivity contribution in [3.8, 4) is 0 Å². The molecule has 0 aromatic heterocycles. The molecule has 0 aliphatic carbocycles. The molecule has 2 unspecified atom stereocenters. The van der Waals surface area contributed by atoms with Gasteiger partial charge in [0, 0.05) is 58.3 Å². The summed E-state index contributed by atoms with van der Waals surface area (Å²) in [7, 11) is -4.88. The van der Waals surface area contributed by atoms with E-state index in [4.69, 9.17) is 9.05 Å². The number of carboxylic acids is 5. The SMILES string of the molecule is O=C([O-])CN(CCN(CC(=O)[O-])CC(CO[P+]([O-])(O)OCCC(c1ccccc1)c1ccccc1)N(CC(=O)[O-])CC(=O)[O-])CC(=O)[O-]. The summed E-state index contributed by atoms with van der Waals surface area (Å²) in [5.74, 6) is -8.67. The summed E-state index contributed by atoms with van der Waals surface area (Å²) >= 11 is 0. The lowest BCUT2D eigenvalue weighted by molar-refractivity contribution is -0.313. The van der Waals surface area contributed by atoms with Crippen LogP contribution in [0.5, 0.6) is 0 Å². The van der Waals surface area contributed by atoms with Gasteiger partial charge < -0.3 is 54.4 Å². The van der Waals surface area contributed by atoms with Gasteiger partial charge in [-0.05, 0) is 17.5 Å². The second-order valence-electron chi connectivity index (χ2n) is 10.6. The van der Waals surface area contributed by atoms with Crippen LogP contribution < -0.4 is 30.4 Å². The van der Waals surface area contributed by atoms with E-state index in [1.165, 1.54) is 0 Å². The molecule has 0 saturated heterocycles. The summed E-state index contributed by atoms with van der Waals surface area (Å²) in [6.45, 7) is -7.13. The number of nitrogens with zero attached hydrogens (tertiary/aromatic N) is 3. The highest BCUT2D eigenvalue weighted by Crippen LogP contribution is 2.48. The number of carbonyl (C=O) groups excluding carboxylic acids is 5. The van der Waals surface area contributed by atoms with E-state index in [9.17, 15) is 59.3 Å². The second-order valence-corrected chi connectivity index (χ2v) is 12.1. The predicted molar refractivity (Wildman–Crippen MR) is 154 cm³/mol. The zero-order valence-corrected chi connectivity index (χ0v) is 26.6. The maximum Gasteiger partial charge on any atom is 0.376 e. The monoisotopic (exact) mass is 692 g/mol. The van der Waals surface area contributed by atoms with Gasteiger partial charge in [0.15, 0.2) is 0 Å². The molecular weight excluding hydrogens is 657 g/mol. The zero-order valence-electron chi connectivity index (χ0n) is 25.7. The van der Waals surface area contributed by atoms with E-state index in [2.05, 4.69) is 0 Å². The third-order valence-corrected chi connectivity index (χ3v) is 7.92. The minimum absolute atomic E-state index is 0.228. The van der Waals surface area contributed by atoms with Gasteiger partial charge in [-0.2, -0.15) is 13.9 Å². The van der Waals surface area contributed by atoms with Crippen LogP contribution in [0.25, 0.3) is 0 Å². The van der Waals surface area contributed by atoms with E-state index in [0.717, 1.165) is 25.8 Å². The molecule has 0 amide bonds. The number of carbonyl (C=O) groups is 5. The number of phosphoric acid groups is 1. The summed E-state index contributed by atoms with van der Waals surface area (Å²) in [5, 5.41) is 56.4. The number of carboxylic acid groups (broad SMARTS) is 5. The molecule has 0 heterocycles. The minimum Gasteiger partial charge on any atom is -0.606 e. The van der Waals surface area contributed by atoms with Crippen LogP contribution in [-0.2, 0) is 33.0 Å². The lowest BCUT2D eigenvalue weighted by Crippen LogP contribution is -2.56. The molecule has 0 bridgehead atoms. The topological polar surface area (TPSA) is 272 Å². The molecule has 264 valence electrons. The Morgan fingerprint density at radius 1 is 0.646 bits per heavy atom. The van der Waals surface area contributed by atoms with Crippen LogP contribution >= 0.6 is 8.17 Å². The molecule has 18 heteroatoms. The zero-order chi connectivity index (χ0) is 35.7. The van der Waals surface area contributed by atoms with Crippen molar-refractivity contribution in [2.75, 3.05) is 65.6 Å². The van der Waals surface area contributed by atoms with E-state index in [0.29, 0.717) is 0 Å². The van der Waals surface area contributed by atoms with Crippen LogP contribution in [-0.4, -0.2) is 121 Å². The first-order chi connectivity index (χ1) is 22.6. The Kier molecular flexibility index (Phi) is 17.0. The molecule has 2 rings (SSSR count). The van der Waals surface area contributed by atoms with Crippen molar-refractivity contribution in [1.29, 1.82) is 0 Å². The van der Waals surface area contributed by atoms with Gasteiger partial charge >= 0.3 is 8.17 Å². The Bertz CT molecular complexity index is 1260. The number of hydrogen-bond acceptors (Lipinski definition) is 17. The highest BCUT2D eigenvalue weighted by Gasteiger charge is 2.32. The molecule has 2 atom stereocenters. The fourth-order valence-corrected chi connectivity index (χ4v) is 5.67. The summed E-state index contributed by atoms with van der Waals surface area (Å²) in [5.41, 5.74) is 1.82. The number of aliphatic carboxylic acids is 5. The van der Waals surface area contributed by atoms with Crippen molar-refractivity contribution in [3.05, 3.63) is 71.8 Å². The van der Waals surface area contributed by atoms with E-state index in [1.807, 2.05) is 60.7 Å². The molecule has 0 aliphatic heterocycles. The van der Waals surface area contributed by atoms with Gasteiger partial charge in [0.2, 0.25) is 0 Å². The molecular formula is C30H35N3O14P-5. The normalized spacial score (nSPS) is 13.5. The lowest BCUT2D eigenvalue weighted by Gasteiger charge is -2.37. The van der Waals surface area contributed by atoms with Crippen molar-refractivity contribution in [3.63, 3.8) is 0 Å². The Labute approximate surface area is 276 Å². The smallest absolute Gasteiger partial charge is 0.376 e. The van der Waals surface area contributed by atoms with Gasteiger partial charge in [0.25, 0.3) is 0 Å². The maximum absolute atomic E-state index is 12.9. The van der Waals surface area contributed by atoms with Crippen LogP contribution in [0.3, 0.4) is 0 Å². The second kappa shape index (κ2) is 20.3. The summed E-state index contributed by atoms with van der Waals surface area (Å²) in [6.07, 6.45) is 0.237. The average molecular weight is 693 g/mol.